The number of Topliss-reactive ketones (excluding diaryl/α,β-unsaturated/α-hetero) is 1. The monoisotopic (exact) mass is 474 g/mol. The highest BCUT2D eigenvalue weighted by Crippen LogP contribution is 2.69. The molecule has 32 heavy (non-hydrogen) atoms. The molecule has 0 bridgehead atoms. The zero-order valence-electron chi connectivity index (χ0n) is 21.7. The molecular formula is C27H46O3Si2. The quantitative estimate of drug-likeness (QED) is 0.330. The number of ketones is 1. The lowest BCUT2D eigenvalue weighted by Crippen LogP contribution is -2.60. The highest BCUT2D eigenvalue weighted by molar-refractivity contribution is 6.70. The summed E-state index contributed by atoms with van der Waals surface area (Å²) in [5.74, 6) is 6.23. The molecule has 4 fully saturated rings. The van der Waals surface area contributed by atoms with Crippen LogP contribution in [0.25, 0.3) is 0 Å². The van der Waals surface area contributed by atoms with Crippen molar-refractivity contribution in [3.8, 4) is 12.3 Å². The zero-order chi connectivity index (χ0) is 23.6. The van der Waals surface area contributed by atoms with Gasteiger partial charge in [0.1, 0.15) is 11.4 Å². The molecule has 0 amide bonds. The Morgan fingerprint density at radius 1 is 0.969 bits per heavy atom. The van der Waals surface area contributed by atoms with Crippen LogP contribution in [0.1, 0.15) is 64.7 Å². The summed E-state index contributed by atoms with van der Waals surface area (Å²) in [4.78, 5) is 12.4. The second kappa shape index (κ2) is 8.07. The first-order valence-corrected chi connectivity index (χ1v) is 19.9. The van der Waals surface area contributed by atoms with E-state index in [4.69, 9.17) is 15.3 Å². The molecule has 4 rings (SSSR count). The van der Waals surface area contributed by atoms with E-state index in [0.29, 0.717) is 29.5 Å². The highest BCUT2D eigenvalue weighted by Gasteiger charge is 2.66. The molecule has 0 aromatic carbocycles. The van der Waals surface area contributed by atoms with Gasteiger partial charge in [0.2, 0.25) is 0 Å². The van der Waals surface area contributed by atoms with E-state index < -0.39 is 22.2 Å². The van der Waals surface area contributed by atoms with Crippen LogP contribution in [0.3, 0.4) is 0 Å². The third-order valence-corrected chi connectivity index (χ3v) is 11.8. The Morgan fingerprint density at radius 3 is 2.28 bits per heavy atom. The van der Waals surface area contributed by atoms with Gasteiger partial charge in [-0.3, -0.25) is 4.79 Å². The normalized spacial score (nSPS) is 44.4. The van der Waals surface area contributed by atoms with E-state index in [0.717, 1.165) is 38.7 Å². The van der Waals surface area contributed by atoms with Gasteiger partial charge in [-0.15, -0.1) is 6.42 Å². The van der Waals surface area contributed by atoms with E-state index in [9.17, 15) is 4.79 Å². The summed E-state index contributed by atoms with van der Waals surface area (Å²) in [6.45, 7) is 17.1. The van der Waals surface area contributed by atoms with Crippen LogP contribution in [0.4, 0.5) is 0 Å². The number of fused-ring (bicyclic) bond motifs is 5. The second-order valence-corrected chi connectivity index (χ2v) is 22.7. The first kappa shape index (κ1) is 24.7. The first-order chi connectivity index (χ1) is 14.8. The average Bonchev–Trinajstić information content (AvgIpc) is 2.97. The third-order valence-electron chi connectivity index (χ3n) is 9.79. The van der Waals surface area contributed by atoms with Gasteiger partial charge in [-0.25, -0.2) is 0 Å². The molecule has 0 radical (unpaired) electrons. The van der Waals surface area contributed by atoms with Crippen LogP contribution in [-0.2, 0) is 13.6 Å². The average molecular weight is 475 g/mol. The van der Waals surface area contributed by atoms with Gasteiger partial charge in [-0.1, -0.05) is 12.8 Å². The summed E-state index contributed by atoms with van der Waals surface area (Å²) in [6.07, 6.45) is 15.9. The number of terminal acetylenes is 1. The molecule has 0 aromatic heterocycles. The van der Waals surface area contributed by atoms with Crippen molar-refractivity contribution in [2.45, 2.75) is 110 Å². The lowest BCUT2D eigenvalue weighted by Gasteiger charge is -2.62. The Morgan fingerprint density at radius 2 is 1.66 bits per heavy atom. The van der Waals surface area contributed by atoms with Gasteiger partial charge >= 0.3 is 0 Å². The van der Waals surface area contributed by atoms with Gasteiger partial charge in [0.15, 0.2) is 16.6 Å². The van der Waals surface area contributed by atoms with Gasteiger partial charge in [0.05, 0.1) is 0 Å². The molecule has 0 N–H and O–H groups in total. The third kappa shape index (κ3) is 4.02. The molecule has 0 heterocycles. The molecule has 7 atom stereocenters. The topological polar surface area (TPSA) is 35.5 Å². The Balaban J connectivity index is 1.66. The van der Waals surface area contributed by atoms with E-state index in [2.05, 4.69) is 52.1 Å². The first-order valence-electron chi connectivity index (χ1n) is 13.1. The molecule has 0 saturated heterocycles. The summed E-state index contributed by atoms with van der Waals surface area (Å²) in [6, 6.07) is 0. The van der Waals surface area contributed by atoms with E-state index in [1.807, 2.05) is 0 Å². The predicted molar refractivity (Wildman–Crippen MR) is 136 cm³/mol. The van der Waals surface area contributed by atoms with E-state index in [1.165, 1.54) is 25.7 Å². The zero-order valence-corrected chi connectivity index (χ0v) is 23.7. The SMILES string of the molecule is C#C[C@]1(O[Si](C)(C)C)CC[C@H]2[C@@H]3CC[C@H]4CC(=O)CC[C@]4(CO[Si](C)(C)C)[C@H]3CC[C@@]21C. The Bertz CT molecular complexity index is 790. The standard InChI is InChI=1S/C27H46O3Si2/c1-9-27(30-32(6,7)8)17-14-23-22-11-10-20-18-21(28)12-16-26(20,19-29-31(3,4)5)24(22)13-15-25(23,27)2/h1,20,22-24H,10-19H2,2-8H3/t20-,22-,23-,24-,25-,26+,27-/m0/s1. The Kier molecular flexibility index (Phi) is 6.23. The number of rotatable bonds is 5. The molecule has 4 aliphatic carbocycles. The number of hydrogen-bond acceptors (Lipinski definition) is 3. The van der Waals surface area contributed by atoms with Gasteiger partial charge in [0, 0.05) is 24.9 Å². The molecule has 5 heteroatoms. The van der Waals surface area contributed by atoms with Crippen molar-refractivity contribution in [1.29, 1.82) is 0 Å². The molecule has 0 aromatic rings. The fraction of sp³-hybridized carbons (Fsp3) is 0.889. The summed E-state index contributed by atoms with van der Waals surface area (Å²) < 4.78 is 13.5. The highest BCUT2D eigenvalue weighted by atomic mass is 28.4. The maximum atomic E-state index is 12.4. The van der Waals surface area contributed by atoms with Crippen molar-refractivity contribution in [2.75, 3.05) is 6.61 Å². The van der Waals surface area contributed by atoms with Crippen molar-refractivity contribution >= 4 is 22.4 Å². The van der Waals surface area contributed by atoms with Crippen LogP contribution < -0.4 is 0 Å². The lowest BCUT2D eigenvalue weighted by atomic mass is 9.44. The van der Waals surface area contributed by atoms with Crippen molar-refractivity contribution in [3.05, 3.63) is 0 Å². The Hall–Kier alpha value is -0.416. The minimum absolute atomic E-state index is 0.0708. The molecule has 0 unspecified atom stereocenters. The van der Waals surface area contributed by atoms with Crippen molar-refractivity contribution in [1.82, 2.24) is 0 Å². The molecule has 0 aliphatic heterocycles. The van der Waals surface area contributed by atoms with E-state index in [-0.39, 0.29) is 10.8 Å². The minimum Gasteiger partial charge on any atom is -0.417 e. The van der Waals surface area contributed by atoms with Crippen molar-refractivity contribution in [2.24, 2.45) is 34.5 Å². The minimum atomic E-state index is -1.76. The van der Waals surface area contributed by atoms with E-state index in [1.54, 1.807) is 0 Å². The van der Waals surface area contributed by atoms with Crippen molar-refractivity contribution in [3.63, 3.8) is 0 Å². The second-order valence-electron chi connectivity index (χ2n) is 13.7. The van der Waals surface area contributed by atoms with Gasteiger partial charge in [0.25, 0.3) is 0 Å². The van der Waals surface area contributed by atoms with E-state index >= 15 is 0 Å². The molecule has 4 saturated carbocycles. The summed E-state index contributed by atoms with van der Waals surface area (Å²) in [5.41, 5.74) is -0.130. The summed E-state index contributed by atoms with van der Waals surface area (Å²) in [5, 5.41) is 0. The Labute approximate surface area is 199 Å². The van der Waals surface area contributed by atoms with Crippen LogP contribution in [0.5, 0.6) is 0 Å². The molecule has 0 spiro atoms. The van der Waals surface area contributed by atoms with Crippen LogP contribution in [0, 0.1) is 46.8 Å². The fourth-order valence-corrected chi connectivity index (χ4v) is 10.6. The van der Waals surface area contributed by atoms with Crippen LogP contribution >= 0.6 is 0 Å². The van der Waals surface area contributed by atoms with Crippen LogP contribution in [-0.4, -0.2) is 34.6 Å². The summed E-state index contributed by atoms with van der Waals surface area (Å²) >= 11 is 0. The predicted octanol–water partition coefficient (Wildman–Crippen LogP) is 6.65. The maximum Gasteiger partial charge on any atom is 0.185 e. The largest absolute Gasteiger partial charge is 0.417 e. The fourth-order valence-electron chi connectivity index (χ4n) is 8.43. The molecule has 4 aliphatic rings. The number of hydrogen-bond donors (Lipinski definition) is 0. The molecular weight excluding hydrogens is 428 g/mol. The number of carbonyl (C=O) groups is 1. The smallest absolute Gasteiger partial charge is 0.185 e. The van der Waals surface area contributed by atoms with Gasteiger partial charge < -0.3 is 8.85 Å². The van der Waals surface area contributed by atoms with Gasteiger partial charge in [-0.05, 0) is 113 Å². The van der Waals surface area contributed by atoms with Crippen molar-refractivity contribution < 1.29 is 13.6 Å². The molecule has 3 nitrogen and oxygen atoms in total. The van der Waals surface area contributed by atoms with Gasteiger partial charge in [-0.2, -0.15) is 0 Å². The summed E-state index contributed by atoms with van der Waals surface area (Å²) in [7, 11) is -3.38. The number of carbonyl (C=O) groups excluding carboxylic acids is 1. The van der Waals surface area contributed by atoms with Crippen LogP contribution in [0.15, 0.2) is 0 Å². The molecule has 180 valence electrons. The maximum absolute atomic E-state index is 12.4. The van der Waals surface area contributed by atoms with Crippen LogP contribution in [0.2, 0.25) is 39.3 Å². The lowest BCUT2D eigenvalue weighted by molar-refractivity contribution is -0.158.